The van der Waals surface area contributed by atoms with Crippen LogP contribution < -0.4 is 5.32 Å². The lowest BCUT2D eigenvalue weighted by molar-refractivity contribution is -0.137. The minimum Gasteiger partial charge on any atom is -0.325 e. The maximum absolute atomic E-state index is 12.9. The monoisotopic (exact) mass is 460 g/mol. The molecule has 0 aliphatic rings. The lowest BCUT2D eigenvalue weighted by Gasteiger charge is -2.11. The number of hydrogen-bond acceptors (Lipinski definition) is 4. The van der Waals surface area contributed by atoms with Crippen molar-refractivity contribution in [3.05, 3.63) is 58.1 Å². The third-order valence-electron chi connectivity index (χ3n) is 3.83. The summed E-state index contributed by atoms with van der Waals surface area (Å²) >= 11 is 12.6. The lowest BCUT2D eigenvalue weighted by atomic mass is 10.2. The Bertz CT molecular complexity index is 1040. The molecule has 0 aliphatic heterocycles. The molecule has 152 valence electrons. The Balaban J connectivity index is 1.65. The highest BCUT2D eigenvalue weighted by Crippen LogP contribution is 2.36. The minimum absolute atomic E-state index is 0.00661. The van der Waals surface area contributed by atoms with Crippen molar-refractivity contribution in [2.24, 2.45) is 7.05 Å². The van der Waals surface area contributed by atoms with Crippen LogP contribution in [0.5, 0.6) is 0 Å². The molecular weight excluding hydrogens is 448 g/mol. The van der Waals surface area contributed by atoms with E-state index >= 15 is 0 Å². The molecule has 5 nitrogen and oxygen atoms in total. The Labute approximate surface area is 178 Å². The second kappa shape index (κ2) is 8.64. The van der Waals surface area contributed by atoms with Gasteiger partial charge in [-0.25, -0.2) is 0 Å². The van der Waals surface area contributed by atoms with Crippen molar-refractivity contribution in [2.75, 3.05) is 11.1 Å². The Hall–Kier alpha value is -2.23. The molecule has 0 saturated heterocycles. The van der Waals surface area contributed by atoms with Gasteiger partial charge in [-0.15, -0.1) is 10.2 Å². The molecule has 0 spiro atoms. The van der Waals surface area contributed by atoms with E-state index in [0.717, 1.165) is 29.5 Å². The lowest BCUT2D eigenvalue weighted by Crippen LogP contribution is -2.15. The highest BCUT2D eigenvalue weighted by Gasteiger charge is 2.33. The van der Waals surface area contributed by atoms with Gasteiger partial charge in [-0.1, -0.05) is 35.0 Å². The summed E-state index contributed by atoms with van der Waals surface area (Å²) in [5.74, 6) is 0.0508. The molecule has 1 amide bonds. The number of nitrogens with one attached hydrogen (secondary N) is 1. The van der Waals surface area contributed by atoms with Gasteiger partial charge in [-0.3, -0.25) is 4.79 Å². The summed E-state index contributed by atoms with van der Waals surface area (Å²) in [6.45, 7) is 0. The van der Waals surface area contributed by atoms with Gasteiger partial charge in [0.25, 0.3) is 0 Å². The van der Waals surface area contributed by atoms with Crippen LogP contribution in [0.2, 0.25) is 10.0 Å². The molecule has 1 aromatic heterocycles. The average molecular weight is 461 g/mol. The van der Waals surface area contributed by atoms with Crippen molar-refractivity contribution in [3.63, 3.8) is 0 Å². The van der Waals surface area contributed by atoms with E-state index in [2.05, 4.69) is 15.5 Å². The first-order valence-corrected chi connectivity index (χ1v) is 9.84. The standard InChI is InChI=1S/C18H13Cl2F3N4OS/c1-27-16(10-2-4-11(19)5-3-10)25-26-17(27)29-9-15(28)24-12-6-7-14(20)13(8-12)18(21,22)23/h2-8H,9H2,1H3,(H,24,28). The Kier molecular flexibility index (Phi) is 6.40. The number of rotatable bonds is 5. The van der Waals surface area contributed by atoms with Gasteiger partial charge in [0, 0.05) is 23.3 Å². The smallest absolute Gasteiger partial charge is 0.325 e. The number of hydrogen-bond donors (Lipinski definition) is 1. The number of halogens is 5. The summed E-state index contributed by atoms with van der Waals surface area (Å²) in [6, 6.07) is 10.3. The predicted octanol–water partition coefficient (Wildman–Crippen LogP) is 5.54. The molecule has 3 aromatic rings. The first-order chi connectivity index (χ1) is 13.6. The molecule has 0 radical (unpaired) electrons. The van der Waals surface area contributed by atoms with E-state index in [1.54, 1.807) is 35.9 Å². The third kappa shape index (κ3) is 5.23. The molecule has 0 bridgehead atoms. The maximum atomic E-state index is 12.9. The Morgan fingerprint density at radius 2 is 1.83 bits per heavy atom. The first-order valence-electron chi connectivity index (χ1n) is 8.10. The van der Waals surface area contributed by atoms with Gasteiger partial charge < -0.3 is 9.88 Å². The van der Waals surface area contributed by atoms with Crippen molar-refractivity contribution in [2.45, 2.75) is 11.3 Å². The fourth-order valence-electron chi connectivity index (χ4n) is 2.44. The van der Waals surface area contributed by atoms with Gasteiger partial charge in [0.15, 0.2) is 11.0 Å². The maximum Gasteiger partial charge on any atom is 0.417 e. The van der Waals surface area contributed by atoms with E-state index in [1.807, 2.05) is 0 Å². The van der Waals surface area contributed by atoms with Crippen LogP contribution in [0.1, 0.15) is 5.56 Å². The average Bonchev–Trinajstić information content (AvgIpc) is 3.02. The summed E-state index contributed by atoms with van der Waals surface area (Å²) in [6.07, 6.45) is -4.61. The van der Waals surface area contributed by atoms with Gasteiger partial charge in [-0.05, 0) is 42.5 Å². The summed E-state index contributed by atoms with van der Waals surface area (Å²) in [7, 11) is 1.75. The number of carbonyl (C=O) groups is 1. The van der Waals surface area contributed by atoms with Crippen molar-refractivity contribution < 1.29 is 18.0 Å². The molecular formula is C18H13Cl2F3N4OS. The number of nitrogens with zero attached hydrogens (tertiary/aromatic N) is 3. The van der Waals surface area contributed by atoms with Crippen LogP contribution in [0, 0.1) is 0 Å². The van der Waals surface area contributed by atoms with Crippen LogP contribution in [0.25, 0.3) is 11.4 Å². The number of thioether (sulfide) groups is 1. The number of benzene rings is 2. The molecule has 0 fully saturated rings. The highest BCUT2D eigenvalue weighted by molar-refractivity contribution is 7.99. The fourth-order valence-corrected chi connectivity index (χ4v) is 3.50. The topological polar surface area (TPSA) is 59.8 Å². The van der Waals surface area contributed by atoms with Crippen LogP contribution in [0.3, 0.4) is 0 Å². The van der Waals surface area contributed by atoms with Crippen molar-refractivity contribution in [1.82, 2.24) is 14.8 Å². The molecule has 3 rings (SSSR count). The fraction of sp³-hybridized carbons (Fsp3) is 0.167. The van der Waals surface area contributed by atoms with Crippen molar-refractivity contribution >= 4 is 46.6 Å². The first kappa shape index (κ1) is 21.5. The molecule has 1 heterocycles. The van der Waals surface area contributed by atoms with Gasteiger partial charge in [0.2, 0.25) is 5.91 Å². The van der Waals surface area contributed by atoms with Gasteiger partial charge >= 0.3 is 6.18 Å². The summed E-state index contributed by atoms with van der Waals surface area (Å²) in [5, 5.41) is 11.2. The zero-order valence-electron chi connectivity index (χ0n) is 14.8. The summed E-state index contributed by atoms with van der Waals surface area (Å²) in [4.78, 5) is 12.1. The number of carbonyl (C=O) groups excluding carboxylic acids is 1. The van der Waals surface area contributed by atoms with Crippen LogP contribution in [-0.2, 0) is 18.0 Å². The predicted molar refractivity (Wildman–Crippen MR) is 107 cm³/mol. The largest absolute Gasteiger partial charge is 0.417 e. The number of aromatic nitrogens is 3. The quantitative estimate of drug-likeness (QED) is 0.507. The van der Waals surface area contributed by atoms with Crippen LogP contribution in [0.15, 0.2) is 47.6 Å². The minimum atomic E-state index is -4.61. The van der Waals surface area contributed by atoms with Gasteiger partial charge in [-0.2, -0.15) is 13.2 Å². The van der Waals surface area contributed by atoms with E-state index in [-0.39, 0.29) is 11.4 Å². The molecule has 0 saturated carbocycles. The number of alkyl halides is 3. The van der Waals surface area contributed by atoms with E-state index in [1.165, 1.54) is 6.07 Å². The second-order valence-corrected chi connectivity index (χ2v) is 7.69. The van der Waals surface area contributed by atoms with Crippen LogP contribution in [0.4, 0.5) is 18.9 Å². The van der Waals surface area contributed by atoms with E-state index in [9.17, 15) is 18.0 Å². The Morgan fingerprint density at radius 1 is 1.14 bits per heavy atom. The molecule has 0 atom stereocenters. The van der Waals surface area contributed by atoms with Gasteiger partial charge in [0.05, 0.1) is 16.3 Å². The van der Waals surface area contributed by atoms with E-state index < -0.39 is 22.7 Å². The highest BCUT2D eigenvalue weighted by atomic mass is 35.5. The molecule has 0 unspecified atom stereocenters. The number of anilines is 1. The summed E-state index contributed by atoms with van der Waals surface area (Å²) < 4.78 is 40.5. The zero-order chi connectivity index (χ0) is 21.2. The normalized spacial score (nSPS) is 11.5. The van der Waals surface area contributed by atoms with Gasteiger partial charge in [0.1, 0.15) is 0 Å². The number of amides is 1. The van der Waals surface area contributed by atoms with E-state index in [0.29, 0.717) is 16.0 Å². The SMILES string of the molecule is Cn1c(SCC(=O)Nc2ccc(Cl)c(C(F)(F)F)c2)nnc1-c1ccc(Cl)cc1. The Morgan fingerprint density at radius 3 is 2.48 bits per heavy atom. The van der Waals surface area contributed by atoms with E-state index in [4.69, 9.17) is 23.2 Å². The van der Waals surface area contributed by atoms with Crippen LogP contribution in [-0.4, -0.2) is 26.4 Å². The second-order valence-electron chi connectivity index (χ2n) is 5.90. The molecule has 2 aromatic carbocycles. The molecule has 29 heavy (non-hydrogen) atoms. The summed E-state index contributed by atoms with van der Waals surface area (Å²) in [5.41, 5.74) is -0.195. The molecule has 0 aliphatic carbocycles. The molecule has 11 heteroatoms. The zero-order valence-corrected chi connectivity index (χ0v) is 17.1. The van der Waals surface area contributed by atoms with Crippen LogP contribution >= 0.6 is 35.0 Å². The van der Waals surface area contributed by atoms with Crippen molar-refractivity contribution in [1.29, 1.82) is 0 Å². The van der Waals surface area contributed by atoms with Crippen molar-refractivity contribution in [3.8, 4) is 11.4 Å². The third-order valence-corrected chi connectivity index (χ3v) is 5.43. The molecule has 1 N–H and O–H groups in total.